The molecule has 2 N–H and O–H groups in total. The van der Waals surface area contributed by atoms with Crippen LogP contribution in [-0.2, 0) is 4.79 Å². The van der Waals surface area contributed by atoms with Crippen LogP contribution in [0.1, 0.15) is 26.7 Å². The minimum Gasteiger partial charge on any atom is -0.444 e. The number of carbonyl (C=O) groups excluding carboxylic acids is 1. The van der Waals surface area contributed by atoms with Crippen molar-refractivity contribution in [1.29, 1.82) is 0 Å². The number of nitrogens with one attached hydrogen (secondary N) is 2. The summed E-state index contributed by atoms with van der Waals surface area (Å²) in [6, 6.07) is 7.43. The number of hydrogen-bond acceptors (Lipinski definition) is 4. The number of aromatic nitrogens is 1. The summed E-state index contributed by atoms with van der Waals surface area (Å²) in [7, 11) is 0. The molecule has 1 amide bonds. The Hall–Kier alpha value is -2.14. The highest BCUT2D eigenvalue weighted by atomic mass is 16.3. The Morgan fingerprint density at radius 3 is 3.05 bits per heavy atom. The van der Waals surface area contributed by atoms with Gasteiger partial charge in [0.2, 0.25) is 5.91 Å². The molecule has 0 saturated carbocycles. The number of carbonyl (C=O) groups is 1. The van der Waals surface area contributed by atoms with Crippen molar-refractivity contribution >= 4 is 11.6 Å². The lowest BCUT2D eigenvalue weighted by Crippen LogP contribution is -2.53. The minimum absolute atomic E-state index is 0.0134. The molecule has 3 rings (SSSR count). The van der Waals surface area contributed by atoms with Gasteiger partial charge in [-0.25, -0.2) is 4.98 Å². The van der Waals surface area contributed by atoms with E-state index in [0.29, 0.717) is 5.76 Å². The molecule has 5 nitrogen and oxygen atoms in total. The third-order valence-corrected chi connectivity index (χ3v) is 4.24. The van der Waals surface area contributed by atoms with Gasteiger partial charge in [0.25, 0.3) is 0 Å². The van der Waals surface area contributed by atoms with Crippen molar-refractivity contribution in [3.05, 3.63) is 36.9 Å². The van der Waals surface area contributed by atoms with Gasteiger partial charge in [-0.05, 0) is 36.9 Å². The van der Waals surface area contributed by atoms with E-state index >= 15 is 0 Å². The largest absolute Gasteiger partial charge is 0.444 e. The molecule has 5 heteroatoms. The van der Waals surface area contributed by atoms with Crippen LogP contribution in [0, 0.1) is 5.41 Å². The molecule has 1 saturated heterocycles. The van der Waals surface area contributed by atoms with Gasteiger partial charge in [0.1, 0.15) is 0 Å². The van der Waals surface area contributed by atoms with E-state index in [-0.39, 0.29) is 17.4 Å². The van der Waals surface area contributed by atoms with E-state index in [0.717, 1.165) is 30.6 Å². The van der Waals surface area contributed by atoms with Crippen molar-refractivity contribution in [3.8, 4) is 11.3 Å². The molecule has 0 aliphatic carbocycles. The average Bonchev–Trinajstić information content (AvgIpc) is 3.01. The second-order valence-corrected chi connectivity index (χ2v) is 6.42. The first kappa shape index (κ1) is 14.8. The minimum atomic E-state index is -0.171. The van der Waals surface area contributed by atoms with E-state index in [4.69, 9.17) is 4.42 Å². The highest BCUT2D eigenvalue weighted by Gasteiger charge is 2.37. The van der Waals surface area contributed by atoms with E-state index < -0.39 is 0 Å². The molecule has 1 aromatic carbocycles. The molecule has 1 unspecified atom stereocenters. The Balaban J connectivity index is 1.75. The van der Waals surface area contributed by atoms with Gasteiger partial charge in [0.05, 0.1) is 12.2 Å². The summed E-state index contributed by atoms with van der Waals surface area (Å²) in [5.41, 5.74) is 1.62. The van der Waals surface area contributed by atoms with Crippen LogP contribution in [0.25, 0.3) is 11.3 Å². The summed E-state index contributed by atoms with van der Waals surface area (Å²) in [4.78, 5) is 16.5. The quantitative estimate of drug-likeness (QED) is 0.914. The number of rotatable bonds is 3. The van der Waals surface area contributed by atoms with E-state index in [2.05, 4.69) is 29.5 Å². The lowest BCUT2D eigenvalue weighted by Gasteiger charge is -2.38. The highest BCUT2D eigenvalue weighted by Crippen LogP contribution is 2.31. The van der Waals surface area contributed by atoms with Crippen molar-refractivity contribution in [2.24, 2.45) is 5.41 Å². The maximum atomic E-state index is 12.6. The van der Waals surface area contributed by atoms with Gasteiger partial charge in [0.15, 0.2) is 12.2 Å². The SMILES string of the molecule is CC1(C)CCCNC1C(=O)Nc1cccc(-c2cnco2)c1. The fraction of sp³-hybridized carbons (Fsp3) is 0.412. The normalized spacial score (nSPS) is 20.5. The fourth-order valence-electron chi connectivity index (χ4n) is 2.98. The number of amides is 1. The summed E-state index contributed by atoms with van der Waals surface area (Å²) in [5, 5.41) is 6.34. The predicted molar refractivity (Wildman–Crippen MR) is 85.4 cm³/mol. The molecule has 0 bridgehead atoms. The number of oxazole rings is 1. The number of nitrogens with zero attached hydrogens (tertiary/aromatic N) is 1. The first-order chi connectivity index (χ1) is 10.6. The van der Waals surface area contributed by atoms with Gasteiger partial charge < -0.3 is 15.1 Å². The summed E-state index contributed by atoms with van der Waals surface area (Å²) >= 11 is 0. The van der Waals surface area contributed by atoms with E-state index in [9.17, 15) is 4.79 Å². The molecule has 2 heterocycles. The van der Waals surface area contributed by atoms with E-state index in [1.807, 2.05) is 24.3 Å². The van der Waals surface area contributed by atoms with Crippen LogP contribution < -0.4 is 10.6 Å². The maximum absolute atomic E-state index is 12.6. The van der Waals surface area contributed by atoms with Gasteiger partial charge in [0, 0.05) is 11.3 Å². The lowest BCUT2D eigenvalue weighted by atomic mass is 9.77. The zero-order valence-corrected chi connectivity index (χ0v) is 12.9. The van der Waals surface area contributed by atoms with Crippen LogP contribution in [0.15, 0.2) is 41.3 Å². The van der Waals surface area contributed by atoms with Crippen LogP contribution in [-0.4, -0.2) is 23.5 Å². The van der Waals surface area contributed by atoms with Crippen molar-refractivity contribution in [1.82, 2.24) is 10.3 Å². The molecular weight excluding hydrogens is 278 g/mol. The molecule has 22 heavy (non-hydrogen) atoms. The molecule has 1 aliphatic heterocycles. The van der Waals surface area contributed by atoms with Crippen LogP contribution in [0.2, 0.25) is 0 Å². The molecule has 1 aliphatic rings. The molecule has 1 atom stereocenters. The van der Waals surface area contributed by atoms with Crippen molar-refractivity contribution < 1.29 is 9.21 Å². The van der Waals surface area contributed by atoms with Gasteiger partial charge in [-0.2, -0.15) is 0 Å². The number of anilines is 1. The smallest absolute Gasteiger partial charge is 0.242 e. The fourth-order valence-corrected chi connectivity index (χ4v) is 2.98. The molecule has 0 spiro atoms. The Kier molecular flexibility index (Phi) is 3.98. The Morgan fingerprint density at radius 1 is 1.45 bits per heavy atom. The predicted octanol–water partition coefficient (Wildman–Crippen LogP) is 3.06. The van der Waals surface area contributed by atoms with Crippen molar-refractivity contribution in [2.75, 3.05) is 11.9 Å². The second kappa shape index (κ2) is 5.93. The molecule has 0 radical (unpaired) electrons. The van der Waals surface area contributed by atoms with Crippen LogP contribution in [0.5, 0.6) is 0 Å². The zero-order chi connectivity index (χ0) is 15.6. The van der Waals surface area contributed by atoms with Gasteiger partial charge >= 0.3 is 0 Å². The summed E-state index contributed by atoms with van der Waals surface area (Å²) in [6.45, 7) is 5.16. The topological polar surface area (TPSA) is 67.2 Å². The Labute approximate surface area is 130 Å². The second-order valence-electron chi connectivity index (χ2n) is 6.42. The summed E-state index contributed by atoms with van der Waals surface area (Å²) < 4.78 is 5.29. The number of piperidine rings is 1. The molecule has 1 fully saturated rings. The molecule has 1 aromatic heterocycles. The zero-order valence-electron chi connectivity index (χ0n) is 12.9. The van der Waals surface area contributed by atoms with Gasteiger partial charge in [-0.15, -0.1) is 0 Å². The molecule has 2 aromatic rings. The first-order valence-electron chi connectivity index (χ1n) is 7.59. The molecule has 116 valence electrons. The third kappa shape index (κ3) is 3.04. The van der Waals surface area contributed by atoms with E-state index in [1.54, 1.807) is 6.20 Å². The average molecular weight is 299 g/mol. The van der Waals surface area contributed by atoms with Gasteiger partial charge in [-0.3, -0.25) is 4.79 Å². The first-order valence-corrected chi connectivity index (χ1v) is 7.59. The monoisotopic (exact) mass is 299 g/mol. The summed E-state index contributed by atoms with van der Waals surface area (Å²) in [6.07, 6.45) is 5.22. The maximum Gasteiger partial charge on any atom is 0.242 e. The van der Waals surface area contributed by atoms with E-state index in [1.165, 1.54) is 6.39 Å². The Morgan fingerprint density at radius 2 is 2.32 bits per heavy atom. The van der Waals surface area contributed by atoms with Crippen LogP contribution >= 0.6 is 0 Å². The third-order valence-electron chi connectivity index (χ3n) is 4.24. The number of benzene rings is 1. The van der Waals surface area contributed by atoms with Crippen molar-refractivity contribution in [3.63, 3.8) is 0 Å². The lowest BCUT2D eigenvalue weighted by molar-refractivity contribution is -0.121. The van der Waals surface area contributed by atoms with Crippen LogP contribution in [0.4, 0.5) is 5.69 Å². The number of hydrogen-bond donors (Lipinski definition) is 2. The van der Waals surface area contributed by atoms with Crippen molar-refractivity contribution in [2.45, 2.75) is 32.7 Å². The van der Waals surface area contributed by atoms with Crippen LogP contribution in [0.3, 0.4) is 0 Å². The highest BCUT2D eigenvalue weighted by molar-refractivity contribution is 5.96. The molecular formula is C17H21N3O2. The summed E-state index contributed by atoms with van der Waals surface area (Å²) in [5.74, 6) is 0.701. The Bertz CT molecular complexity index is 650. The van der Waals surface area contributed by atoms with Gasteiger partial charge in [-0.1, -0.05) is 26.0 Å². The standard InChI is InChI=1S/C17H21N3O2/c1-17(2)7-4-8-19-15(17)16(21)20-13-6-3-5-12(9-13)14-10-18-11-22-14/h3,5-6,9-11,15,19H,4,7-8H2,1-2H3,(H,20,21).